The van der Waals surface area contributed by atoms with Crippen LogP contribution in [0.5, 0.6) is 5.75 Å². The van der Waals surface area contributed by atoms with Crippen LogP contribution in [0.15, 0.2) is 59.7 Å². The molecule has 1 atom stereocenters. The molecule has 1 heterocycles. The second-order valence-corrected chi connectivity index (χ2v) is 6.04. The molecule has 0 saturated heterocycles. The first-order chi connectivity index (χ1) is 12.6. The van der Waals surface area contributed by atoms with Crippen LogP contribution in [0.3, 0.4) is 0 Å². The van der Waals surface area contributed by atoms with Crippen molar-refractivity contribution in [2.75, 3.05) is 7.11 Å². The molecule has 0 aromatic heterocycles. The summed E-state index contributed by atoms with van der Waals surface area (Å²) in [5, 5.41) is 14.8. The number of benzene rings is 2. The molecule has 0 saturated carbocycles. The summed E-state index contributed by atoms with van der Waals surface area (Å²) in [5.41, 5.74) is 2.67. The van der Waals surface area contributed by atoms with Crippen LogP contribution >= 0.6 is 0 Å². The summed E-state index contributed by atoms with van der Waals surface area (Å²) in [7, 11) is 1.59. The van der Waals surface area contributed by atoms with Crippen LogP contribution in [0.2, 0.25) is 0 Å². The molecule has 6 nitrogen and oxygen atoms in total. The highest BCUT2D eigenvalue weighted by molar-refractivity contribution is 6.03. The summed E-state index contributed by atoms with van der Waals surface area (Å²) < 4.78 is 5.28. The largest absolute Gasteiger partial charge is 0.497 e. The molecule has 1 N–H and O–H groups in total. The van der Waals surface area contributed by atoms with Gasteiger partial charge in [-0.25, -0.2) is 5.01 Å². The number of hydrogen-bond acceptors (Lipinski definition) is 4. The van der Waals surface area contributed by atoms with E-state index in [-0.39, 0.29) is 24.8 Å². The SMILES string of the molecule is COc1cccc(C2CC(c3ccccc3)=NN2C(=O)CCC(=O)O)c1. The molecule has 0 radical (unpaired) electrons. The number of rotatable bonds is 6. The van der Waals surface area contributed by atoms with Gasteiger partial charge in [0.15, 0.2) is 0 Å². The molecule has 2 aromatic carbocycles. The Hall–Kier alpha value is -3.15. The number of amides is 1. The van der Waals surface area contributed by atoms with Crippen molar-refractivity contribution in [2.45, 2.75) is 25.3 Å². The second-order valence-electron chi connectivity index (χ2n) is 6.04. The van der Waals surface area contributed by atoms with Gasteiger partial charge in [-0.05, 0) is 23.3 Å². The van der Waals surface area contributed by atoms with Crippen LogP contribution in [0.1, 0.15) is 36.4 Å². The van der Waals surface area contributed by atoms with Crippen molar-refractivity contribution in [1.82, 2.24) is 5.01 Å². The average molecular weight is 352 g/mol. The third-order valence-electron chi connectivity index (χ3n) is 4.30. The normalized spacial score (nSPS) is 16.3. The van der Waals surface area contributed by atoms with E-state index >= 15 is 0 Å². The molecule has 0 bridgehead atoms. The van der Waals surface area contributed by atoms with Crippen LogP contribution in [0.4, 0.5) is 0 Å². The van der Waals surface area contributed by atoms with Gasteiger partial charge >= 0.3 is 5.97 Å². The van der Waals surface area contributed by atoms with Crippen LogP contribution < -0.4 is 4.74 Å². The Balaban J connectivity index is 1.91. The standard InChI is InChI=1S/C20H20N2O4/c1-26-16-9-5-8-15(12-16)18-13-17(14-6-3-2-4-7-14)21-22(18)19(23)10-11-20(24)25/h2-9,12,18H,10-11,13H2,1H3,(H,24,25). The Labute approximate surface area is 151 Å². The summed E-state index contributed by atoms with van der Waals surface area (Å²) >= 11 is 0. The molecule has 0 fully saturated rings. The minimum Gasteiger partial charge on any atom is -0.497 e. The number of ether oxygens (including phenoxy) is 1. The van der Waals surface area contributed by atoms with Crippen molar-refractivity contribution in [3.63, 3.8) is 0 Å². The van der Waals surface area contributed by atoms with E-state index in [0.29, 0.717) is 12.2 Å². The lowest BCUT2D eigenvalue weighted by molar-refractivity contribution is -0.141. The lowest BCUT2D eigenvalue weighted by Crippen LogP contribution is -2.27. The molecule has 26 heavy (non-hydrogen) atoms. The van der Waals surface area contributed by atoms with E-state index in [1.165, 1.54) is 5.01 Å². The summed E-state index contributed by atoms with van der Waals surface area (Å²) in [6.45, 7) is 0. The van der Waals surface area contributed by atoms with E-state index in [4.69, 9.17) is 9.84 Å². The fraction of sp³-hybridized carbons (Fsp3) is 0.250. The van der Waals surface area contributed by atoms with Crippen molar-refractivity contribution in [2.24, 2.45) is 5.10 Å². The minimum atomic E-state index is -0.997. The molecule has 1 unspecified atom stereocenters. The van der Waals surface area contributed by atoms with Gasteiger partial charge in [-0.3, -0.25) is 9.59 Å². The summed E-state index contributed by atoms with van der Waals surface area (Å²) in [5.74, 6) is -0.595. The minimum absolute atomic E-state index is 0.0820. The Morgan fingerprint density at radius 1 is 1.15 bits per heavy atom. The molecule has 0 spiro atoms. The topological polar surface area (TPSA) is 79.2 Å². The average Bonchev–Trinajstić information content (AvgIpc) is 3.12. The Morgan fingerprint density at radius 2 is 1.92 bits per heavy atom. The van der Waals surface area contributed by atoms with Crippen LogP contribution in [-0.4, -0.2) is 34.8 Å². The summed E-state index contributed by atoms with van der Waals surface area (Å²) in [6, 6.07) is 16.9. The highest BCUT2D eigenvalue weighted by Crippen LogP contribution is 2.34. The molecule has 1 amide bonds. The van der Waals surface area contributed by atoms with Crippen molar-refractivity contribution >= 4 is 17.6 Å². The molecule has 0 aliphatic carbocycles. The molecule has 1 aliphatic rings. The van der Waals surface area contributed by atoms with Gasteiger partial charge in [0.2, 0.25) is 5.91 Å². The summed E-state index contributed by atoms with van der Waals surface area (Å²) in [6.07, 6.45) is 0.272. The maximum Gasteiger partial charge on any atom is 0.303 e. The Kier molecular flexibility index (Phi) is 5.31. The van der Waals surface area contributed by atoms with Crippen molar-refractivity contribution in [3.05, 3.63) is 65.7 Å². The molecule has 1 aliphatic heterocycles. The molecule has 2 aromatic rings. The van der Waals surface area contributed by atoms with Crippen LogP contribution in [0.25, 0.3) is 0 Å². The zero-order valence-corrected chi connectivity index (χ0v) is 14.5. The van der Waals surface area contributed by atoms with Gasteiger partial charge in [-0.1, -0.05) is 42.5 Å². The number of carbonyl (C=O) groups is 2. The number of carboxylic acids is 1. The van der Waals surface area contributed by atoms with Crippen LogP contribution in [0, 0.1) is 0 Å². The molecule has 134 valence electrons. The molecular formula is C20H20N2O4. The van der Waals surface area contributed by atoms with Gasteiger partial charge in [0.25, 0.3) is 0 Å². The monoisotopic (exact) mass is 352 g/mol. The van der Waals surface area contributed by atoms with Gasteiger partial charge in [-0.2, -0.15) is 5.10 Å². The number of hydrazone groups is 1. The molecule has 3 rings (SSSR count). The highest BCUT2D eigenvalue weighted by atomic mass is 16.5. The fourth-order valence-corrected chi connectivity index (χ4v) is 2.98. The quantitative estimate of drug-likeness (QED) is 0.865. The second kappa shape index (κ2) is 7.82. The zero-order chi connectivity index (χ0) is 18.5. The lowest BCUT2D eigenvalue weighted by atomic mass is 9.98. The summed E-state index contributed by atoms with van der Waals surface area (Å²) in [4.78, 5) is 23.4. The molecular weight excluding hydrogens is 332 g/mol. The van der Waals surface area contributed by atoms with Gasteiger partial charge in [0.1, 0.15) is 5.75 Å². The third-order valence-corrected chi connectivity index (χ3v) is 4.30. The first kappa shape index (κ1) is 17.7. The van der Waals surface area contributed by atoms with E-state index in [1.807, 2.05) is 54.6 Å². The first-order valence-electron chi connectivity index (χ1n) is 8.39. The van der Waals surface area contributed by atoms with E-state index in [0.717, 1.165) is 16.8 Å². The van der Waals surface area contributed by atoms with Crippen molar-refractivity contribution < 1.29 is 19.4 Å². The number of carboxylic acid groups (broad SMARTS) is 1. The first-order valence-corrected chi connectivity index (χ1v) is 8.39. The van der Waals surface area contributed by atoms with E-state index in [1.54, 1.807) is 7.11 Å². The maximum atomic E-state index is 12.6. The number of nitrogens with zero attached hydrogens (tertiary/aromatic N) is 2. The third kappa shape index (κ3) is 3.91. The van der Waals surface area contributed by atoms with Gasteiger partial charge in [0.05, 0.1) is 25.3 Å². The Morgan fingerprint density at radius 3 is 2.62 bits per heavy atom. The molecule has 6 heteroatoms. The zero-order valence-electron chi connectivity index (χ0n) is 14.5. The van der Waals surface area contributed by atoms with Crippen molar-refractivity contribution in [1.29, 1.82) is 0 Å². The number of aliphatic carboxylic acids is 1. The Bertz CT molecular complexity index is 833. The van der Waals surface area contributed by atoms with E-state index in [9.17, 15) is 9.59 Å². The van der Waals surface area contributed by atoms with Gasteiger partial charge in [-0.15, -0.1) is 0 Å². The van der Waals surface area contributed by atoms with Gasteiger partial charge < -0.3 is 9.84 Å². The van der Waals surface area contributed by atoms with Crippen LogP contribution in [-0.2, 0) is 9.59 Å². The smallest absolute Gasteiger partial charge is 0.303 e. The predicted octanol–water partition coefficient (Wildman–Crippen LogP) is 3.24. The highest BCUT2D eigenvalue weighted by Gasteiger charge is 2.33. The fourth-order valence-electron chi connectivity index (χ4n) is 2.98. The number of methoxy groups -OCH3 is 1. The lowest BCUT2D eigenvalue weighted by Gasteiger charge is -2.22. The van der Waals surface area contributed by atoms with E-state index in [2.05, 4.69) is 5.10 Å². The van der Waals surface area contributed by atoms with Gasteiger partial charge in [0, 0.05) is 12.8 Å². The predicted molar refractivity (Wildman–Crippen MR) is 97.0 cm³/mol. The number of hydrogen-bond donors (Lipinski definition) is 1. The van der Waals surface area contributed by atoms with Crippen molar-refractivity contribution in [3.8, 4) is 5.75 Å². The van der Waals surface area contributed by atoms with E-state index < -0.39 is 5.97 Å². The maximum absolute atomic E-state index is 12.6. The number of carbonyl (C=O) groups excluding carboxylic acids is 1.